The number of aliphatic imine (C=N–C) groups is 1. The lowest BCUT2D eigenvalue weighted by molar-refractivity contribution is -0.335. The molecule has 2 unspecified atom stereocenters. The summed E-state index contributed by atoms with van der Waals surface area (Å²) in [6.45, 7) is 5.28. The van der Waals surface area contributed by atoms with Gasteiger partial charge in [0.15, 0.2) is 18.5 Å². The van der Waals surface area contributed by atoms with E-state index in [1.54, 1.807) is 0 Å². The van der Waals surface area contributed by atoms with E-state index in [-0.39, 0.29) is 45.2 Å². The lowest BCUT2D eigenvalue weighted by Crippen LogP contribution is -2.70. The SMILES string of the molecule is CCCCCCCCCCCCCCCCOC[C@H]1O[C@H](OC2[C@@H](OC(C)=O)[C@H](OCc3ccccc3)C(OCc3ccccc3)[C@H](OCc3ccccc3)[C@@H]2OC(C)=O)[C@H](N=Cc2ccccc2C(F)(F)F)[C@@H](OCc2ccccc2)[C@H]1OCc1ccccc1. The molecular formula is C75H92F3NO12. The van der Waals surface area contributed by atoms with Gasteiger partial charge in [-0.25, -0.2) is 0 Å². The normalized spacial score (nSPS) is 22.6. The van der Waals surface area contributed by atoms with Crippen molar-refractivity contribution in [1.82, 2.24) is 0 Å². The molecule has 8 rings (SSSR count). The first kappa shape index (κ1) is 70.3. The van der Waals surface area contributed by atoms with Crippen molar-refractivity contribution in [3.05, 3.63) is 215 Å². The third kappa shape index (κ3) is 23.2. The van der Waals surface area contributed by atoms with Gasteiger partial charge in [-0.3, -0.25) is 14.6 Å². The standard InChI is InChI=1S/C75H92F3NO12/c1-4-5-6-7-8-9-10-11-12-13-14-15-16-34-47-82-54-64-66(83-49-57-35-22-17-23-36-57)67(84-50-58-37-24-18-25-38-58)65(79-48-62-45-32-33-46-63(62)75(76,77)78)74(90-64)91-73-71(88-55(2)80)69(86-52-60-41-28-20-29-42-60)68(85-51-59-39-26-19-27-40-59)70(72(73)89-56(3)81)87-53-61-43-30-21-31-44-61/h17-33,35-46,48,64-74H,4-16,34,47,49-54H2,1-3H3/t64-,65-,66+,67-,68?,69-,70+,71+,72+,73?,74-/m1/s1. The highest BCUT2D eigenvalue weighted by Crippen LogP contribution is 2.40. The highest BCUT2D eigenvalue weighted by atomic mass is 19.4. The number of rotatable bonds is 38. The molecule has 0 amide bonds. The molecule has 16 heteroatoms. The first-order valence-corrected chi connectivity index (χ1v) is 32.6. The maximum Gasteiger partial charge on any atom is 0.417 e. The molecule has 0 radical (unpaired) electrons. The van der Waals surface area contributed by atoms with Gasteiger partial charge in [0.05, 0.1) is 45.2 Å². The van der Waals surface area contributed by atoms with Crippen molar-refractivity contribution < 1.29 is 70.1 Å². The van der Waals surface area contributed by atoms with Crippen LogP contribution in [0.2, 0.25) is 0 Å². The molecule has 1 saturated carbocycles. The van der Waals surface area contributed by atoms with Crippen LogP contribution >= 0.6 is 0 Å². The highest BCUT2D eigenvalue weighted by molar-refractivity contribution is 5.82. The summed E-state index contributed by atoms with van der Waals surface area (Å²) >= 11 is 0. The summed E-state index contributed by atoms with van der Waals surface area (Å²) in [5.74, 6) is -1.45. The first-order chi connectivity index (χ1) is 44.4. The van der Waals surface area contributed by atoms with Crippen molar-refractivity contribution >= 4 is 18.2 Å². The number of hydrogen-bond acceptors (Lipinski definition) is 13. The molecule has 0 bridgehead atoms. The van der Waals surface area contributed by atoms with Gasteiger partial charge in [0.1, 0.15) is 48.8 Å². The zero-order valence-electron chi connectivity index (χ0n) is 53.0. The Bertz CT molecular complexity index is 2930. The Morgan fingerprint density at radius 2 is 0.791 bits per heavy atom. The van der Waals surface area contributed by atoms with E-state index < -0.39 is 90.9 Å². The van der Waals surface area contributed by atoms with Crippen LogP contribution in [0.4, 0.5) is 13.2 Å². The quantitative estimate of drug-likeness (QED) is 0.0207. The number of unbranched alkanes of at least 4 members (excludes halogenated alkanes) is 13. The van der Waals surface area contributed by atoms with Gasteiger partial charge in [-0.15, -0.1) is 0 Å². The van der Waals surface area contributed by atoms with Gasteiger partial charge in [0, 0.05) is 32.2 Å². The summed E-state index contributed by atoms with van der Waals surface area (Å²) in [5, 5.41) is 0. The molecule has 1 aliphatic heterocycles. The Balaban J connectivity index is 1.19. The van der Waals surface area contributed by atoms with Gasteiger partial charge < -0.3 is 47.4 Å². The minimum atomic E-state index is -4.75. The zero-order chi connectivity index (χ0) is 63.9. The van der Waals surface area contributed by atoms with E-state index >= 15 is 0 Å². The van der Waals surface area contributed by atoms with E-state index in [0.717, 1.165) is 65.8 Å². The molecule has 91 heavy (non-hydrogen) atoms. The van der Waals surface area contributed by atoms with Crippen molar-refractivity contribution in [3.63, 3.8) is 0 Å². The Labute approximate surface area is 536 Å². The number of esters is 2. The average molecular weight is 1260 g/mol. The second-order valence-electron chi connectivity index (χ2n) is 23.6. The van der Waals surface area contributed by atoms with Gasteiger partial charge >= 0.3 is 18.1 Å². The summed E-state index contributed by atoms with van der Waals surface area (Å²) in [6.07, 6.45) is 0.687. The predicted molar refractivity (Wildman–Crippen MR) is 344 cm³/mol. The van der Waals surface area contributed by atoms with E-state index in [4.69, 9.17) is 52.4 Å². The summed E-state index contributed by atoms with van der Waals surface area (Å²) in [4.78, 5) is 32.6. The van der Waals surface area contributed by atoms with Gasteiger partial charge in [-0.05, 0) is 40.3 Å². The van der Waals surface area contributed by atoms with Crippen LogP contribution in [0.15, 0.2) is 181 Å². The number of ether oxygens (including phenoxy) is 10. The number of hydrogen-bond donors (Lipinski definition) is 0. The number of halogens is 3. The Morgan fingerprint density at radius 1 is 0.440 bits per heavy atom. The number of alkyl halides is 3. The van der Waals surface area contributed by atoms with Crippen molar-refractivity contribution in [1.29, 1.82) is 0 Å². The molecule has 0 aromatic heterocycles. The van der Waals surface area contributed by atoms with Crippen LogP contribution in [-0.4, -0.2) is 98.6 Å². The van der Waals surface area contributed by atoms with E-state index in [1.165, 1.54) is 96.3 Å². The second-order valence-corrected chi connectivity index (χ2v) is 23.6. The topological polar surface area (TPSA) is 139 Å². The fraction of sp³-hybridized carbons (Fsp3) is 0.480. The summed E-state index contributed by atoms with van der Waals surface area (Å²) in [6, 6.07) is 51.1. The minimum absolute atomic E-state index is 0.00480. The zero-order valence-corrected chi connectivity index (χ0v) is 53.0. The van der Waals surface area contributed by atoms with Crippen LogP contribution in [0.3, 0.4) is 0 Å². The molecule has 0 spiro atoms. The number of benzene rings is 6. The van der Waals surface area contributed by atoms with Crippen LogP contribution in [-0.2, 0) is 96.2 Å². The third-order valence-corrected chi connectivity index (χ3v) is 16.5. The number of carbonyl (C=O) groups is 2. The lowest BCUT2D eigenvalue weighted by atomic mass is 9.83. The van der Waals surface area contributed by atoms with Crippen molar-refractivity contribution in [2.75, 3.05) is 13.2 Å². The van der Waals surface area contributed by atoms with Crippen LogP contribution in [0.25, 0.3) is 0 Å². The van der Waals surface area contributed by atoms with Crippen molar-refractivity contribution in [2.24, 2.45) is 4.99 Å². The van der Waals surface area contributed by atoms with Gasteiger partial charge in [-0.2, -0.15) is 13.2 Å². The van der Waals surface area contributed by atoms with Crippen LogP contribution in [0, 0.1) is 0 Å². The second kappa shape index (κ2) is 38.4. The van der Waals surface area contributed by atoms with E-state index in [9.17, 15) is 22.8 Å². The highest BCUT2D eigenvalue weighted by Gasteiger charge is 2.59. The summed E-state index contributed by atoms with van der Waals surface area (Å²) < 4.78 is 113. The molecule has 490 valence electrons. The van der Waals surface area contributed by atoms with E-state index in [2.05, 4.69) is 6.92 Å². The lowest BCUT2D eigenvalue weighted by Gasteiger charge is -2.51. The fourth-order valence-corrected chi connectivity index (χ4v) is 11.8. The molecule has 6 aromatic carbocycles. The Hall–Kier alpha value is -6.60. The summed E-state index contributed by atoms with van der Waals surface area (Å²) in [5.41, 5.74) is 2.86. The molecule has 1 aliphatic carbocycles. The molecule has 13 nitrogen and oxygen atoms in total. The molecule has 0 N–H and O–H groups in total. The van der Waals surface area contributed by atoms with Crippen LogP contribution < -0.4 is 0 Å². The molecule has 2 fully saturated rings. The maximum absolute atomic E-state index is 14.9. The third-order valence-electron chi connectivity index (χ3n) is 16.5. The summed E-state index contributed by atoms with van der Waals surface area (Å²) in [7, 11) is 0. The van der Waals surface area contributed by atoms with E-state index in [1.807, 2.05) is 152 Å². The predicted octanol–water partition coefficient (Wildman–Crippen LogP) is 15.9. The Morgan fingerprint density at radius 3 is 1.19 bits per heavy atom. The van der Waals surface area contributed by atoms with Crippen LogP contribution in [0.5, 0.6) is 0 Å². The maximum atomic E-state index is 14.9. The Kier molecular flexibility index (Phi) is 29.7. The monoisotopic (exact) mass is 1260 g/mol. The smallest absolute Gasteiger partial charge is 0.417 e. The first-order valence-electron chi connectivity index (χ1n) is 32.6. The van der Waals surface area contributed by atoms with Gasteiger partial charge in [0.2, 0.25) is 0 Å². The number of carbonyl (C=O) groups excluding carboxylic acids is 2. The average Bonchev–Trinajstić information content (AvgIpc) is 0.964. The molecule has 1 heterocycles. The molecule has 11 atom stereocenters. The fourth-order valence-electron chi connectivity index (χ4n) is 11.8. The van der Waals surface area contributed by atoms with Gasteiger partial charge in [0.25, 0.3) is 0 Å². The van der Waals surface area contributed by atoms with E-state index in [0.29, 0.717) is 6.61 Å². The minimum Gasteiger partial charge on any atom is -0.457 e. The van der Waals surface area contributed by atoms with Gasteiger partial charge in [-0.1, -0.05) is 260 Å². The molecule has 6 aromatic rings. The van der Waals surface area contributed by atoms with Crippen molar-refractivity contribution in [2.45, 2.75) is 217 Å². The number of nitrogens with zero attached hydrogens (tertiary/aromatic N) is 1. The van der Waals surface area contributed by atoms with Crippen molar-refractivity contribution in [3.8, 4) is 0 Å². The largest absolute Gasteiger partial charge is 0.457 e. The molecular weight excluding hydrogens is 1160 g/mol. The van der Waals surface area contributed by atoms with Crippen LogP contribution in [0.1, 0.15) is 150 Å². The molecule has 2 aliphatic rings. The molecule has 1 saturated heterocycles.